The molecule has 1 aliphatic heterocycles. The van der Waals surface area contributed by atoms with Gasteiger partial charge in [-0.3, -0.25) is 4.79 Å². The average Bonchev–Trinajstić information content (AvgIpc) is 2.77. The predicted molar refractivity (Wildman–Crippen MR) is 129 cm³/mol. The highest BCUT2D eigenvalue weighted by atomic mass is 127. The summed E-state index contributed by atoms with van der Waals surface area (Å²) < 4.78 is 12.0. The summed E-state index contributed by atoms with van der Waals surface area (Å²) in [5.74, 6) is 0.179. The van der Waals surface area contributed by atoms with Crippen molar-refractivity contribution in [2.24, 2.45) is 0 Å². The van der Waals surface area contributed by atoms with Gasteiger partial charge in [-0.1, -0.05) is 6.07 Å². The highest BCUT2D eigenvalue weighted by molar-refractivity contribution is 14.1. The van der Waals surface area contributed by atoms with Crippen LogP contribution in [0, 0.1) is 3.57 Å². The van der Waals surface area contributed by atoms with Crippen LogP contribution < -0.4 is 26.0 Å². The summed E-state index contributed by atoms with van der Waals surface area (Å²) in [6, 6.07) is 12.1. The second-order valence-electron chi connectivity index (χ2n) is 7.10. The lowest BCUT2D eigenvalue weighted by Crippen LogP contribution is -2.38. The summed E-state index contributed by atoms with van der Waals surface area (Å²) in [5, 5.41) is 11.7. The zero-order valence-corrected chi connectivity index (χ0v) is 19.5. The highest BCUT2D eigenvalue weighted by Crippen LogP contribution is 2.23. The Bertz CT molecular complexity index is 903. The molecule has 2 aromatic rings. The zero-order valence-electron chi connectivity index (χ0n) is 17.4. The van der Waals surface area contributed by atoms with Crippen molar-refractivity contribution in [2.45, 2.75) is 18.9 Å². The lowest BCUT2D eigenvalue weighted by molar-refractivity contribution is 0.0225. The van der Waals surface area contributed by atoms with E-state index in [-0.39, 0.29) is 18.0 Å². The summed E-state index contributed by atoms with van der Waals surface area (Å²) in [7, 11) is 1.50. The molecule has 4 N–H and O–H groups in total. The van der Waals surface area contributed by atoms with E-state index in [1.807, 2.05) is 24.3 Å². The van der Waals surface area contributed by atoms with Crippen molar-refractivity contribution in [2.75, 3.05) is 44.0 Å². The molecule has 0 bridgehead atoms. The number of carbonyl (C=O) groups is 2. The Balaban J connectivity index is 1.51. The third kappa shape index (κ3) is 7.37. The number of urea groups is 1. The van der Waals surface area contributed by atoms with Crippen LogP contribution in [0.15, 0.2) is 42.5 Å². The Labute approximate surface area is 195 Å². The van der Waals surface area contributed by atoms with E-state index in [9.17, 15) is 9.59 Å². The van der Waals surface area contributed by atoms with Gasteiger partial charge in [-0.15, -0.1) is 0 Å². The lowest BCUT2D eigenvalue weighted by atomic mass is 10.1. The van der Waals surface area contributed by atoms with Crippen LogP contribution in [0.3, 0.4) is 0 Å². The molecular weight excluding hydrogens is 511 g/mol. The molecule has 1 aliphatic rings. The van der Waals surface area contributed by atoms with Crippen molar-refractivity contribution in [3.8, 4) is 5.75 Å². The van der Waals surface area contributed by atoms with Gasteiger partial charge in [0.05, 0.1) is 25.4 Å². The first kappa shape index (κ1) is 23.3. The number of carbonyl (C=O) groups excluding carboxylic acids is 2. The average molecular weight is 538 g/mol. The Morgan fingerprint density at radius 2 is 2.00 bits per heavy atom. The van der Waals surface area contributed by atoms with Crippen LogP contribution in [0.1, 0.15) is 23.2 Å². The predicted octanol–water partition coefficient (Wildman–Crippen LogP) is 3.44. The van der Waals surface area contributed by atoms with Gasteiger partial charge in [-0.05, 0) is 65.8 Å². The Kier molecular flexibility index (Phi) is 8.92. The van der Waals surface area contributed by atoms with E-state index in [1.165, 1.54) is 7.11 Å². The number of ether oxygens (including phenoxy) is 2. The van der Waals surface area contributed by atoms with Crippen LogP contribution in [0.2, 0.25) is 0 Å². The van der Waals surface area contributed by atoms with Gasteiger partial charge in [0.15, 0.2) is 0 Å². The van der Waals surface area contributed by atoms with Gasteiger partial charge < -0.3 is 30.7 Å². The Morgan fingerprint density at radius 3 is 2.71 bits per heavy atom. The molecule has 1 heterocycles. The second-order valence-corrected chi connectivity index (χ2v) is 8.35. The fourth-order valence-electron chi connectivity index (χ4n) is 3.25. The van der Waals surface area contributed by atoms with Crippen LogP contribution in [0.25, 0.3) is 0 Å². The van der Waals surface area contributed by atoms with Gasteiger partial charge in [-0.2, -0.15) is 0 Å². The number of nitrogens with one attached hydrogen (secondary N) is 4. The summed E-state index contributed by atoms with van der Waals surface area (Å²) in [4.78, 5) is 24.8. The van der Waals surface area contributed by atoms with E-state index in [0.717, 1.165) is 36.1 Å². The molecule has 0 radical (unpaired) electrons. The molecule has 1 saturated heterocycles. The van der Waals surface area contributed by atoms with Gasteiger partial charge in [-0.25, -0.2) is 4.79 Å². The van der Waals surface area contributed by atoms with Crippen molar-refractivity contribution in [3.63, 3.8) is 0 Å². The van der Waals surface area contributed by atoms with Crippen LogP contribution in [0.4, 0.5) is 16.2 Å². The van der Waals surface area contributed by atoms with Gasteiger partial charge in [0.1, 0.15) is 5.75 Å². The second kappa shape index (κ2) is 11.9. The third-order valence-electron chi connectivity index (χ3n) is 4.78. The van der Waals surface area contributed by atoms with E-state index in [1.54, 1.807) is 18.2 Å². The normalized spacial score (nSPS) is 15.7. The summed E-state index contributed by atoms with van der Waals surface area (Å²) in [5.41, 5.74) is 1.64. The lowest BCUT2D eigenvalue weighted by Gasteiger charge is -2.23. The van der Waals surface area contributed by atoms with Crippen LogP contribution in [-0.4, -0.2) is 51.4 Å². The molecule has 1 atom stereocenters. The van der Waals surface area contributed by atoms with Crippen LogP contribution in [0.5, 0.6) is 5.75 Å². The summed E-state index contributed by atoms with van der Waals surface area (Å²) in [6.45, 7) is 3.04. The largest absolute Gasteiger partial charge is 0.496 e. The standard InChI is InChI=1S/C22H27IN4O4/c1-30-20-13-17(27-22(29)26-16-5-2-4-15(23)12-16)7-8-19(20)21(28)25-9-3-6-18-14-24-10-11-31-18/h2,4-5,7-8,12-13,18,24H,3,6,9-11,14H2,1H3,(H,25,28)(H2,26,27,29). The van der Waals surface area contributed by atoms with Gasteiger partial charge in [0.25, 0.3) is 5.91 Å². The molecule has 0 aliphatic carbocycles. The quantitative estimate of drug-likeness (QED) is 0.305. The monoisotopic (exact) mass is 538 g/mol. The van der Waals surface area contributed by atoms with Gasteiger partial charge in [0, 0.05) is 40.6 Å². The van der Waals surface area contributed by atoms with Crippen molar-refractivity contribution in [1.29, 1.82) is 0 Å². The molecule has 0 saturated carbocycles. The topological polar surface area (TPSA) is 101 Å². The Morgan fingerprint density at radius 1 is 1.19 bits per heavy atom. The SMILES string of the molecule is COc1cc(NC(=O)Nc2cccc(I)c2)ccc1C(=O)NCCCC1CNCCO1. The molecule has 1 unspecified atom stereocenters. The minimum atomic E-state index is -0.374. The molecule has 9 heteroatoms. The van der Waals surface area contributed by atoms with Crippen molar-refractivity contribution in [3.05, 3.63) is 51.6 Å². The number of morpholine rings is 1. The molecule has 3 amide bonds. The van der Waals surface area contributed by atoms with Crippen molar-refractivity contribution >= 4 is 45.9 Å². The van der Waals surface area contributed by atoms with E-state index < -0.39 is 0 Å². The minimum absolute atomic E-state index is 0.205. The Hall–Kier alpha value is -2.37. The number of hydrogen-bond acceptors (Lipinski definition) is 5. The van der Waals surface area contributed by atoms with E-state index in [0.29, 0.717) is 29.2 Å². The summed E-state index contributed by atoms with van der Waals surface area (Å²) in [6.07, 6.45) is 1.93. The third-order valence-corrected chi connectivity index (χ3v) is 5.45. The fourth-order valence-corrected chi connectivity index (χ4v) is 3.79. The highest BCUT2D eigenvalue weighted by Gasteiger charge is 2.15. The van der Waals surface area contributed by atoms with Crippen molar-refractivity contribution < 1.29 is 19.1 Å². The molecule has 0 spiro atoms. The first-order valence-electron chi connectivity index (χ1n) is 10.2. The van der Waals surface area contributed by atoms with Crippen LogP contribution in [-0.2, 0) is 4.74 Å². The maximum atomic E-state index is 12.5. The van der Waals surface area contributed by atoms with E-state index >= 15 is 0 Å². The van der Waals surface area contributed by atoms with Crippen LogP contribution >= 0.6 is 22.6 Å². The fraction of sp³-hybridized carbons (Fsp3) is 0.364. The van der Waals surface area contributed by atoms with E-state index in [2.05, 4.69) is 43.9 Å². The van der Waals surface area contributed by atoms with Crippen molar-refractivity contribution in [1.82, 2.24) is 10.6 Å². The first-order chi connectivity index (χ1) is 15.0. The zero-order chi connectivity index (χ0) is 22.1. The van der Waals surface area contributed by atoms with Gasteiger partial charge >= 0.3 is 6.03 Å². The maximum absolute atomic E-state index is 12.5. The smallest absolute Gasteiger partial charge is 0.323 e. The molecule has 0 aromatic heterocycles. The molecule has 8 nitrogen and oxygen atoms in total. The molecule has 3 rings (SSSR count). The summed E-state index contributed by atoms with van der Waals surface area (Å²) >= 11 is 2.18. The van der Waals surface area contributed by atoms with E-state index in [4.69, 9.17) is 9.47 Å². The molecular formula is C22H27IN4O4. The molecule has 1 fully saturated rings. The number of hydrogen-bond donors (Lipinski definition) is 4. The number of amides is 3. The molecule has 166 valence electrons. The number of halogens is 1. The number of benzene rings is 2. The molecule has 2 aromatic carbocycles. The number of anilines is 2. The minimum Gasteiger partial charge on any atom is -0.496 e. The maximum Gasteiger partial charge on any atom is 0.323 e. The number of methoxy groups -OCH3 is 1. The van der Waals surface area contributed by atoms with Gasteiger partial charge in [0.2, 0.25) is 0 Å². The number of rotatable bonds is 8. The molecule has 31 heavy (non-hydrogen) atoms. The first-order valence-corrected chi connectivity index (χ1v) is 11.2.